The Morgan fingerprint density at radius 3 is 2.95 bits per heavy atom. The SMILES string of the molecule is Cc1cnn(C(C)C2CC2)c1NC(=O)c1ncccc1O. The molecule has 1 amide bonds. The number of amides is 1. The summed E-state index contributed by atoms with van der Waals surface area (Å²) >= 11 is 0. The van der Waals surface area contributed by atoms with Gasteiger partial charge in [-0.05, 0) is 44.7 Å². The monoisotopic (exact) mass is 286 g/mol. The summed E-state index contributed by atoms with van der Waals surface area (Å²) < 4.78 is 1.85. The quantitative estimate of drug-likeness (QED) is 0.905. The van der Waals surface area contributed by atoms with Crippen molar-refractivity contribution in [2.75, 3.05) is 5.32 Å². The van der Waals surface area contributed by atoms with Crippen molar-refractivity contribution in [1.82, 2.24) is 14.8 Å². The highest BCUT2D eigenvalue weighted by Crippen LogP contribution is 2.40. The highest BCUT2D eigenvalue weighted by molar-refractivity contribution is 6.04. The molecule has 1 unspecified atom stereocenters. The molecule has 0 aromatic carbocycles. The molecule has 1 fully saturated rings. The predicted octanol–water partition coefficient (Wildman–Crippen LogP) is 2.52. The van der Waals surface area contributed by atoms with Crippen molar-refractivity contribution in [2.45, 2.75) is 32.7 Å². The van der Waals surface area contributed by atoms with Crippen molar-refractivity contribution in [1.29, 1.82) is 0 Å². The standard InChI is InChI=1S/C15H18N4O2/c1-9-8-17-19(10(2)11-5-6-11)14(9)18-15(21)13-12(20)4-3-7-16-13/h3-4,7-8,10-11,20H,5-6H2,1-2H3,(H,18,21). The van der Waals surface area contributed by atoms with E-state index in [4.69, 9.17) is 0 Å². The van der Waals surface area contributed by atoms with Crippen LogP contribution in [0.2, 0.25) is 0 Å². The minimum Gasteiger partial charge on any atom is -0.505 e. The van der Waals surface area contributed by atoms with Crippen molar-refractivity contribution < 1.29 is 9.90 Å². The second-order valence-electron chi connectivity index (χ2n) is 5.52. The zero-order chi connectivity index (χ0) is 15.0. The highest BCUT2D eigenvalue weighted by Gasteiger charge is 2.31. The van der Waals surface area contributed by atoms with E-state index in [1.54, 1.807) is 12.3 Å². The number of aryl methyl sites for hydroxylation is 1. The Morgan fingerprint density at radius 1 is 1.52 bits per heavy atom. The third-order valence-electron chi connectivity index (χ3n) is 3.90. The Kier molecular flexibility index (Phi) is 3.37. The van der Waals surface area contributed by atoms with E-state index in [1.165, 1.54) is 25.1 Å². The third kappa shape index (κ3) is 2.61. The van der Waals surface area contributed by atoms with Gasteiger partial charge >= 0.3 is 0 Å². The first-order valence-electron chi connectivity index (χ1n) is 7.07. The lowest BCUT2D eigenvalue weighted by atomic mass is 10.2. The fourth-order valence-corrected chi connectivity index (χ4v) is 2.43. The van der Waals surface area contributed by atoms with E-state index in [1.807, 2.05) is 11.6 Å². The van der Waals surface area contributed by atoms with Crippen molar-refractivity contribution in [2.24, 2.45) is 5.92 Å². The number of carbonyl (C=O) groups excluding carboxylic acids is 1. The van der Waals surface area contributed by atoms with E-state index in [9.17, 15) is 9.90 Å². The molecule has 1 aliphatic rings. The minimum atomic E-state index is -0.430. The number of anilines is 1. The van der Waals surface area contributed by atoms with Crippen LogP contribution in [0.25, 0.3) is 0 Å². The average Bonchev–Trinajstić information content (AvgIpc) is 3.25. The first-order valence-corrected chi connectivity index (χ1v) is 7.07. The molecule has 0 bridgehead atoms. The molecule has 1 atom stereocenters. The lowest BCUT2D eigenvalue weighted by molar-refractivity contribution is 0.101. The van der Waals surface area contributed by atoms with Gasteiger partial charge in [0.25, 0.3) is 5.91 Å². The normalized spacial score (nSPS) is 15.7. The Morgan fingerprint density at radius 2 is 2.29 bits per heavy atom. The summed E-state index contributed by atoms with van der Waals surface area (Å²) in [5, 5.41) is 16.9. The first kappa shape index (κ1) is 13.6. The van der Waals surface area contributed by atoms with Gasteiger partial charge in [0.05, 0.1) is 12.2 Å². The summed E-state index contributed by atoms with van der Waals surface area (Å²) in [6.07, 6.45) is 5.63. The van der Waals surface area contributed by atoms with Crippen LogP contribution in [0.1, 0.15) is 41.9 Å². The molecule has 0 spiro atoms. The Labute approximate surface area is 122 Å². The molecular formula is C15H18N4O2. The molecule has 0 aliphatic heterocycles. The second kappa shape index (κ2) is 5.20. The molecule has 0 saturated heterocycles. The van der Waals surface area contributed by atoms with Crippen molar-refractivity contribution in [3.63, 3.8) is 0 Å². The fraction of sp³-hybridized carbons (Fsp3) is 0.400. The summed E-state index contributed by atoms with van der Waals surface area (Å²) in [6.45, 7) is 4.01. The second-order valence-corrected chi connectivity index (χ2v) is 5.52. The van der Waals surface area contributed by atoms with Crippen molar-refractivity contribution >= 4 is 11.7 Å². The first-order chi connectivity index (χ1) is 10.1. The van der Waals surface area contributed by atoms with Gasteiger partial charge in [0.2, 0.25) is 0 Å². The summed E-state index contributed by atoms with van der Waals surface area (Å²) in [6, 6.07) is 3.28. The topological polar surface area (TPSA) is 80.0 Å². The van der Waals surface area contributed by atoms with Gasteiger partial charge in [0, 0.05) is 11.8 Å². The Bertz CT molecular complexity index is 676. The fourth-order valence-electron chi connectivity index (χ4n) is 2.43. The molecule has 6 nitrogen and oxygen atoms in total. The maximum absolute atomic E-state index is 12.3. The number of nitrogens with one attached hydrogen (secondary N) is 1. The lowest BCUT2D eigenvalue weighted by Crippen LogP contribution is -2.20. The van der Waals surface area contributed by atoms with Crippen LogP contribution in [-0.2, 0) is 0 Å². The van der Waals surface area contributed by atoms with Crippen LogP contribution in [0.15, 0.2) is 24.5 Å². The van der Waals surface area contributed by atoms with Crippen LogP contribution in [0, 0.1) is 12.8 Å². The molecule has 21 heavy (non-hydrogen) atoms. The van der Waals surface area contributed by atoms with E-state index in [0.717, 1.165) is 5.56 Å². The number of pyridine rings is 1. The van der Waals surface area contributed by atoms with Gasteiger partial charge in [0.15, 0.2) is 5.69 Å². The molecule has 0 radical (unpaired) electrons. The summed E-state index contributed by atoms with van der Waals surface area (Å²) in [4.78, 5) is 16.2. The predicted molar refractivity (Wildman–Crippen MR) is 78.3 cm³/mol. The molecule has 6 heteroatoms. The summed E-state index contributed by atoms with van der Waals surface area (Å²) in [5.41, 5.74) is 0.912. The number of rotatable bonds is 4. The van der Waals surface area contributed by atoms with E-state index >= 15 is 0 Å². The van der Waals surface area contributed by atoms with Gasteiger partial charge in [-0.2, -0.15) is 5.10 Å². The van der Waals surface area contributed by atoms with Gasteiger partial charge in [0.1, 0.15) is 11.6 Å². The number of aromatic hydroxyl groups is 1. The molecule has 1 aliphatic carbocycles. The molecule has 3 rings (SSSR count). The van der Waals surface area contributed by atoms with Crippen LogP contribution in [0.5, 0.6) is 5.75 Å². The summed E-state index contributed by atoms with van der Waals surface area (Å²) in [5.74, 6) is 0.738. The van der Waals surface area contributed by atoms with E-state index in [0.29, 0.717) is 11.7 Å². The number of aromatic nitrogens is 3. The largest absolute Gasteiger partial charge is 0.505 e. The number of hydrogen-bond donors (Lipinski definition) is 2. The molecule has 1 saturated carbocycles. The van der Waals surface area contributed by atoms with Crippen LogP contribution in [0.3, 0.4) is 0 Å². The van der Waals surface area contributed by atoms with Crippen LogP contribution < -0.4 is 5.32 Å². The van der Waals surface area contributed by atoms with Crippen molar-refractivity contribution in [3.05, 3.63) is 35.8 Å². The third-order valence-corrected chi connectivity index (χ3v) is 3.90. The molecule has 2 heterocycles. The molecule has 2 aromatic heterocycles. The Balaban J connectivity index is 1.86. The lowest BCUT2D eigenvalue weighted by Gasteiger charge is -2.16. The number of nitrogens with zero attached hydrogens (tertiary/aromatic N) is 3. The molecular weight excluding hydrogens is 268 g/mol. The maximum Gasteiger partial charge on any atom is 0.279 e. The maximum atomic E-state index is 12.3. The zero-order valence-electron chi connectivity index (χ0n) is 12.1. The summed E-state index contributed by atoms with van der Waals surface area (Å²) in [7, 11) is 0. The van der Waals surface area contributed by atoms with Crippen LogP contribution in [0.4, 0.5) is 5.82 Å². The van der Waals surface area contributed by atoms with E-state index in [-0.39, 0.29) is 17.5 Å². The number of carbonyl (C=O) groups is 1. The van der Waals surface area contributed by atoms with E-state index < -0.39 is 5.91 Å². The number of hydrogen-bond acceptors (Lipinski definition) is 4. The molecule has 2 aromatic rings. The van der Waals surface area contributed by atoms with Crippen LogP contribution in [-0.4, -0.2) is 25.8 Å². The van der Waals surface area contributed by atoms with Crippen LogP contribution >= 0.6 is 0 Å². The van der Waals surface area contributed by atoms with Gasteiger partial charge < -0.3 is 10.4 Å². The smallest absolute Gasteiger partial charge is 0.279 e. The molecule has 110 valence electrons. The van der Waals surface area contributed by atoms with Gasteiger partial charge in [-0.25, -0.2) is 9.67 Å². The van der Waals surface area contributed by atoms with Gasteiger partial charge in [-0.3, -0.25) is 4.79 Å². The minimum absolute atomic E-state index is 0.0173. The Hall–Kier alpha value is -2.37. The highest BCUT2D eigenvalue weighted by atomic mass is 16.3. The molecule has 2 N–H and O–H groups in total. The van der Waals surface area contributed by atoms with E-state index in [2.05, 4.69) is 22.3 Å². The average molecular weight is 286 g/mol. The van der Waals surface area contributed by atoms with Crippen molar-refractivity contribution in [3.8, 4) is 5.75 Å². The zero-order valence-corrected chi connectivity index (χ0v) is 12.1. The van der Waals surface area contributed by atoms with Gasteiger partial charge in [-0.15, -0.1) is 0 Å². The van der Waals surface area contributed by atoms with Gasteiger partial charge in [-0.1, -0.05) is 0 Å².